The molecule has 0 fully saturated rings. The van der Waals surface area contributed by atoms with Gasteiger partial charge in [-0.05, 0) is 89.4 Å². The average Bonchev–Trinajstić information content (AvgIpc) is 2.76. The van der Waals surface area contributed by atoms with Gasteiger partial charge in [-0.1, -0.05) is 18.2 Å². The predicted octanol–water partition coefficient (Wildman–Crippen LogP) is 6.70. The Morgan fingerprint density at radius 2 is 1.53 bits per heavy atom. The van der Waals surface area contributed by atoms with Crippen LogP contribution in [0.1, 0.15) is 60.5 Å². The molecule has 0 amide bonds. The van der Waals surface area contributed by atoms with Crippen molar-refractivity contribution in [3.63, 3.8) is 0 Å². The Labute approximate surface area is 208 Å². The van der Waals surface area contributed by atoms with Crippen LogP contribution in [0.3, 0.4) is 0 Å². The number of hydrogen-bond acceptors (Lipinski definition) is 3. The number of benzene rings is 2. The molecule has 5 nitrogen and oxygen atoms in total. The van der Waals surface area contributed by atoms with Crippen molar-refractivity contribution < 1.29 is 27.8 Å². The van der Waals surface area contributed by atoms with Crippen LogP contribution in [0, 0.1) is 27.7 Å². The first-order valence-corrected chi connectivity index (χ1v) is 11.4. The molecule has 1 atom stereocenters. The number of alkyl halides is 3. The van der Waals surface area contributed by atoms with Gasteiger partial charge in [-0.15, -0.1) is 0 Å². The van der Waals surface area contributed by atoms with Crippen LogP contribution in [0.15, 0.2) is 47.3 Å². The maximum atomic E-state index is 13.7. The molecule has 36 heavy (non-hydrogen) atoms. The summed E-state index contributed by atoms with van der Waals surface area (Å²) in [6.45, 7) is 12.1. The minimum absolute atomic E-state index is 0.0623. The highest BCUT2D eigenvalue weighted by Gasteiger charge is 2.34. The molecule has 1 unspecified atom stereocenters. The number of aromatic nitrogens is 1. The Morgan fingerprint density at radius 3 is 2.00 bits per heavy atom. The van der Waals surface area contributed by atoms with Crippen LogP contribution < -0.4 is 5.43 Å². The molecule has 8 heteroatoms. The Balaban J connectivity index is 2.44. The number of hydrogen-bond donors (Lipinski definition) is 1. The molecule has 0 bridgehead atoms. The summed E-state index contributed by atoms with van der Waals surface area (Å²) in [5.41, 5.74) is 1.80. The van der Waals surface area contributed by atoms with Gasteiger partial charge in [-0.3, -0.25) is 4.79 Å². The van der Waals surface area contributed by atoms with Crippen LogP contribution >= 0.6 is 0 Å². The summed E-state index contributed by atoms with van der Waals surface area (Å²) >= 11 is 0. The van der Waals surface area contributed by atoms with E-state index >= 15 is 0 Å². The summed E-state index contributed by atoms with van der Waals surface area (Å²) < 4.78 is 47.1. The second-order valence-electron chi connectivity index (χ2n) is 9.93. The van der Waals surface area contributed by atoms with E-state index in [1.807, 2.05) is 32.0 Å². The van der Waals surface area contributed by atoms with Gasteiger partial charge in [-0.2, -0.15) is 13.2 Å². The van der Waals surface area contributed by atoms with Crippen molar-refractivity contribution in [2.24, 2.45) is 0 Å². The molecule has 0 radical (unpaired) electrons. The minimum Gasteiger partial charge on any atom is -0.479 e. The van der Waals surface area contributed by atoms with Crippen molar-refractivity contribution >= 4 is 5.97 Å². The third-order valence-corrected chi connectivity index (χ3v) is 6.08. The van der Waals surface area contributed by atoms with Gasteiger partial charge >= 0.3 is 12.1 Å². The van der Waals surface area contributed by atoms with E-state index in [9.17, 15) is 27.9 Å². The van der Waals surface area contributed by atoms with Gasteiger partial charge in [-0.25, -0.2) is 4.79 Å². The van der Waals surface area contributed by atoms with Crippen molar-refractivity contribution in [2.75, 3.05) is 0 Å². The number of ether oxygens (including phenoxy) is 1. The third-order valence-electron chi connectivity index (χ3n) is 6.08. The molecule has 1 heterocycles. The highest BCUT2D eigenvalue weighted by atomic mass is 19.4. The van der Waals surface area contributed by atoms with E-state index in [0.717, 1.165) is 23.3 Å². The third kappa shape index (κ3) is 5.38. The monoisotopic (exact) mass is 501 g/mol. The summed E-state index contributed by atoms with van der Waals surface area (Å²) in [4.78, 5) is 26.0. The smallest absolute Gasteiger partial charge is 0.416 e. The summed E-state index contributed by atoms with van der Waals surface area (Å²) in [5, 5.41) is 10.1. The number of pyridine rings is 1. The molecule has 1 N–H and O–H groups in total. The zero-order valence-corrected chi connectivity index (χ0v) is 21.4. The number of nitrogens with zero attached hydrogens (tertiary/aromatic N) is 1. The number of aliphatic carboxylic acids is 1. The largest absolute Gasteiger partial charge is 0.479 e. The van der Waals surface area contributed by atoms with Crippen LogP contribution in [0.2, 0.25) is 0 Å². The zero-order valence-electron chi connectivity index (χ0n) is 21.4. The molecule has 3 rings (SSSR count). The van der Waals surface area contributed by atoms with Gasteiger partial charge in [0, 0.05) is 22.5 Å². The van der Waals surface area contributed by atoms with Crippen LogP contribution in [-0.4, -0.2) is 21.2 Å². The van der Waals surface area contributed by atoms with Gasteiger partial charge in [0.2, 0.25) is 0 Å². The number of carbonyl (C=O) groups is 1. The van der Waals surface area contributed by atoms with Gasteiger partial charge in [0.1, 0.15) is 0 Å². The molecular formula is C28H30F3NO4. The number of carboxylic acids is 1. The molecule has 192 valence electrons. The second kappa shape index (κ2) is 9.58. The maximum Gasteiger partial charge on any atom is 0.416 e. The van der Waals surface area contributed by atoms with E-state index in [1.165, 1.54) is 23.6 Å². The summed E-state index contributed by atoms with van der Waals surface area (Å²) in [7, 11) is 0. The Morgan fingerprint density at radius 1 is 0.944 bits per heavy atom. The van der Waals surface area contributed by atoms with E-state index in [1.54, 1.807) is 27.7 Å². The predicted molar refractivity (Wildman–Crippen MR) is 133 cm³/mol. The fraction of sp³-hybridized carbons (Fsp3) is 0.357. The molecule has 0 aliphatic carbocycles. The Kier molecular flexibility index (Phi) is 7.24. The molecule has 0 aliphatic rings. The minimum atomic E-state index is -4.53. The van der Waals surface area contributed by atoms with Crippen molar-refractivity contribution in [3.8, 4) is 16.8 Å². The van der Waals surface area contributed by atoms with Crippen LogP contribution in [0.4, 0.5) is 13.2 Å². The standard InChI is InChI=1S/C28H30F3NO4/c1-15-8-9-19(14-16(15)2)22-18(4)32(21-12-10-20(11-13-21)28(29,30)31)23(17(3)24(22)33)25(26(34)35)36-27(5,6)7/h8-14,25H,1-7H3,(H,34,35). The highest BCUT2D eigenvalue weighted by Crippen LogP contribution is 2.35. The lowest BCUT2D eigenvalue weighted by Gasteiger charge is -2.30. The fourth-order valence-corrected chi connectivity index (χ4v) is 4.19. The topological polar surface area (TPSA) is 68.5 Å². The molecule has 0 saturated carbocycles. The number of halogens is 3. The number of carboxylic acid groups (broad SMARTS) is 1. The molecule has 0 spiro atoms. The zero-order chi connectivity index (χ0) is 27.2. The second-order valence-corrected chi connectivity index (χ2v) is 9.93. The van der Waals surface area contributed by atoms with E-state index in [4.69, 9.17) is 4.74 Å². The molecule has 0 saturated heterocycles. The quantitative estimate of drug-likeness (QED) is 0.423. The van der Waals surface area contributed by atoms with Gasteiger partial charge < -0.3 is 14.4 Å². The van der Waals surface area contributed by atoms with Gasteiger partial charge in [0.25, 0.3) is 0 Å². The molecule has 3 aromatic rings. The van der Waals surface area contributed by atoms with Crippen molar-refractivity contribution in [3.05, 3.63) is 86.3 Å². The van der Waals surface area contributed by atoms with Gasteiger partial charge in [0.15, 0.2) is 11.5 Å². The average molecular weight is 502 g/mol. The molecule has 2 aromatic carbocycles. The van der Waals surface area contributed by atoms with E-state index in [-0.39, 0.29) is 22.4 Å². The lowest BCUT2D eigenvalue weighted by atomic mass is 9.95. The first-order chi connectivity index (χ1) is 16.5. The Hall–Kier alpha value is -3.39. The molecule has 0 aliphatic heterocycles. The summed E-state index contributed by atoms with van der Waals surface area (Å²) in [6, 6.07) is 9.97. The molecular weight excluding hydrogens is 471 g/mol. The normalized spacial score (nSPS) is 13.1. The SMILES string of the molecule is Cc1ccc(-c2c(C)n(-c3ccc(C(F)(F)F)cc3)c(C(OC(C)(C)C)C(=O)O)c(C)c2=O)cc1C. The lowest BCUT2D eigenvalue weighted by molar-refractivity contribution is -0.161. The van der Waals surface area contributed by atoms with Crippen LogP contribution in [-0.2, 0) is 15.7 Å². The van der Waals surface area contributed by atoms with Crippen molar-refractivity contribution in [1.29, 1.82) is 0 Å². The van der Waals surface area contributed by atoms with E-state index < -0.39 is 29.4 Å². The van der Waals surface area contributed by atoms with Crippen LogP contribution in [0.25, 0.3) is 16.8 Å². The Bertz CT molecular complexity index is 1360. The van der Waals surface area contributed by atoms with E-state index in [2.05, 4.69) is 0 Å². The van der Waals surface area contributed by atoms with Crippen molar-refractivity contribution in [1.82, 2.24) is 4.57 Å². The summed E-state index contributed by atoms with van der Waals surface area (Å²) in [6.07, 6.45) is -6.06. The maximum absolute atomic E-state index is 13.7. The van der Waals surface area contributed by atoms with Crippen LogP contribution in [0.5, 0.6) is 0 Å². The molecule has 1 aromatic heterocycles. The van der Waals surface area contributed by atoms with E-state index in [0.29, 0.717) is 16.8 Å². The first kappa shape index (κ1) is 27.2. The lowest BCUT2D eigenvalue weighted by Crippen LogP contribution is -2.33. The number of aryl methyl sites for hydroxylation is 2. The van der Waals surface area contributed by atoms with Crippen molar-refractivity contribution in [2.45, 2.75) is 66.3 Å². The summed E-state index contributed by atoms with van der Waals surface area (Å²) in [5.74, 6) is -1.31. The van der Waals surface area contributed by atoms with Gasteiger partial charge in [0.05, 0.1) is 16.9 Å². The number of rotatable bonds is 5. The highest BCUT2D eigenvalue weighted by molar-refractivity contribution is 5.76. The first-order valence-electron chi connectivity index (χ1n) is 11.4. The fourth-order valence-electron chi connectivity index (χ4n) is 4.19.